The first-order valence-electron chi connectivity index (χ1n) is 8.87. The van der Waals surface area contributed by atoms with Crippen molar-refractivity contribution in [2.75, 3.05) is 25.0 Å². The smallest absolute Gasteiger partial charge is 0.133 e. The summed E-state index contributed by atoms with van der Waals surface area (Å²) in [5.41, 5.74) is 6.54. The van der Waals surface area contributed by atoms with Gasteiger partial charge in [-0.05, 0) is 63.4 Å². The van der Waals surface area contributed by atoms with Crippen LogP contribution in [0.2, 0.25) is 0 Å². The van der Waals surface area contributed by atoms with Crippen molar-refractivity contribution in [3.63, 3.8) is 0 Å². The van der Waals surface area contributed by atoms with E-state index in [2.05, 4.69) is 46.9 Å². The van der Waals surface area contributed by atoms with E-state index in [9.17, 15) is 0 Å². The molecule has 0 bridgehead atoms. The van der Waals surface area contributed by atoms with Crippen LogP contribution in [0.25, 0.3) is 5.69 Å². The Hall–Kier alpha value is -1.81. The zero-order valence-electron chi connectivity index (χ0n) is 14.2. The van der Waals surface area contributed by atoms with Gasteiger partial charge in [0.1, 0.15) is 5.82 Å². The van der Waals surface area contributed by atoms with Gasteiger partial charge in [-0.15, -0.1) is 0 Å². The number of anilines is 1. The molecule has 2 aliphatic rings. The molecule has 0 amide bonds. The standard InChI is InChI=1S/C19H26N4/c1-14-7-6-8-18(15(14)2)23-19-16(9-10-20-19)17(21-23)13-22-11-4-3-5-12-22/h6-8,20H,3-5,9-13H2,1-2H3. The van der Waals surface area contributed by atoms with Crippen LogP contribution in [0.4, 0.5) is 5.82 Å². The SMILES string of the molecule is Cc1cccc(-n2nc(CN3CCCCC3)c3c2NCC3)c1C. The van der Waals surface area contributed by atoms with Crippen LogP contribution in [0, 0.1) is 13.8 Å². The largest absolute Gasteiger partial charge is 0.369 e. The highest BCUT2D eigenvalue weighted by molar-refractivity contribution is 5.59. The van der Waals surface area contributed by atoms with Crippen molar-refractivity contribution in [1.82, 2.24) is 14.7 Å². The Morgan fingerprint density at radius 2 is 1.96 bits per heavy atom. The lowest BCUT2D eigenvalue weighted by molar-refractivity contribution is 0.217. The molecule has 2 aliphatic heterocycles. The zero-order chi connectivity index (χ0) is 15.8. The maximum Gasteiger partial charge on any atom is 0.133 e. The topological polar surface area (TPSA) is 33.1 Å². The molecule has 1 fully saturated rings. The molecule has 0 spiro atoms. The van der Waals surface area contributed by atoms with Crippen LogP contribution in [0.15, 0.2) is 18.2 Å². The highest BCUT2D eigenvalue weighted by atomic mass is 15.4. The Kier molecular flexibility index (Phi) is 3.85. The number of hydrogen-bond donors (Lipinski definition) is 1. The molecule has 1 N–H and O–H groups in total. The van der Waals surface area contributed by atoms with Crippen LogP contribution in [0.5, 0.6) is 0 Å². The molecule has 4 nitrogen and oxygen atoms in total. The van der Waals surface area contributed by atoms with Gasteiger partial charge < -0.3 is 5.32 Å². The van der Waals surface area contributed by atoms with Gasteiger partial charge in [0, 0.05) is 18.7 Å². The van der Waals surface area contributed by atoms with Crippen molar-refractivity contribution >= 4 is 5.82 Å². The zero-order valence-corrected chi connectivity index (χ0v) is 14.2. The first kappa shape index (κ1) is 14.8. The van der Waals surface area contributed by atoms with Crippen molar-refractivity contribution < 1.29 is 0 Å². The number of rotatable bonds is 3. The number of piperidine rings is 1. The van der Waals surface area contributed by atoms with E-state index in [4.69, 9.17) is 5.10 Å². The fraction of sp³-hybridized carbons (Fsp3) is 0.526. The fourth-order valence-corrected chi connectivity index (χ4v) is 3.84. The molecular weight excluding hydrogens is 284 g/mol. The first-order valence-corrected chi connectivity index (χ1v) is 8.87. The lowest BCUT2D eigenvalue weighted by Crippen LogP contribution is -2.29. The maximum atomic E-state index is 5.01. The normalized spacial score (nSPS) is 18.0. The Morgan fingerprint density at radius 3 is 2.78 bits per heavy atom. The quantitative estimate of drug-likeness (QED) is 0.942. The summed E-state index contributed by atoms with van der Waals surface area (Å²) in [5.74, 6) is 1.21. The number of aryl methyl sites for hydroxylation is 1. The van der Waals surface area contributed by atoms with Gasteiger partial charge in [0.05, 0.1) is 11.4 Å². The summed E-state index contributed by atoms with van der Waals surface area (Å²) in [6.07, 6.45) is 5.15. The lowest BCUT2D eigenvalue weighted by Gasteiger charge is -2.25. The number of likely N-dealkylation sites (tertiary alicyclic amines) is 1. The second kappa shape index (κ2) is 6.00. The summed E-state index contributed by atoms with van der Waals surface area (Å²) in [7, 11) is 0. The number of nitrogens with zero attached hydrogens (tertiary/aromatic N) is 3. The number of fused-ring (bicyclic) bond motifs is 1. The monoisotopic (exact) mass is 310 g/mol. The first-order chi connectivity index (χ1) is 11.2. The molecule has 1 aromatic carbocycles. The fourth-order valence-electron chi connectivity index (χ4n) is 3.84. The molecule has 0 saturated carbocycles. The molecule has 23 heavy (non-hydrogen) atoms. The van der Waals surface area contributed by atoms with Crippen molar-refractivity contribution in [3.05, 3.63) is 40.6 Å². The van der Waals surface area contributed by atoms with Crippen molar-refractivity contribution in [2.45, 2.75) is 46.1 Å². The van der Waals surface area contributed by atoms with Gasteiger partial charge in [-0.3, -0.25) is 4.90 Å². The third-order valence-corrected chi connectivity index (χ3v) is 5.36. The summed E-state index contributed by atoms with van der Waals surface area (Å²) < 4.78 is 2.14. The molecule has 3 heterocycles. The number of nitrogens with one attached hydrogen (secondary N) is 1. The summed E-state index contributed by atoms with van der Waals surface area (Å²) in [4.78, 5) is 2.57. The highest BCUT2D eigenvalue weighted by Crippen LogP contribution is 2.31. The van der Waals surface area contributed by atoms with E-state index in [0.717, 1.165) is 19.5 Å². The molecule has 122 valence electrons. The molecular formula is C19H26N4. The maximum absolute atomic E-state index is 5.01. The van der Waals surface area contributed by atoms with Crippen molar-refractivity contribution in [2.24, 2.45) is 0 Å². The predicted molar refractivity (Wildman–Crippen MR) is 94.4 cm³/mol. The Labute approximate surface area is 138 Å². The third kappa shape index (κ3) is 2.65. The summed E-state index contributed by atoms with van der Waals surface area (Å²) >= 11 is 0. The minimum absolute atomic E-state index is 1.00. The van der Waals surface area contributed by atoms with Crippen molar-refractivity contribution in [1.29, 1.82) is 0 Å². The van der Waals surface area contributed by atoms with E-state index in [1.807, 2.05) is 0 Å². The summed E-state index contributed by atoms with van der Waals surface area (Å²) in [6.45, 7) is 8.84. The van der Waals surface area contributed by atoms with Gasteiger partial charge in [-0.2, -0.15) is 5.10 Å². The van der Waals surface area contributed by atoms with Crippen LogP contribution in [-0.2, 0) is 13.0 Å². The minimum atomic E-state index is 1.00. The second-order valence-electron chi connectivity index (χ2n) is 6.92. The molecule has 4 heteroatoms. The van der Waals surface area contributed by atoms with Crippen LogP contribution in [0.1, 0.15) is 41.6 Å². The molecule has 1 aromatic heterocycles. The van der Waals surface area contributed by atoms with E-state index in [1.165, 1.54) is 66.2 Å². The van der Waals surface area contributed by atoms with Crippen molar-refractivity contribution in [3.8, 4) is 5.69 Å². The van der Waals surface area contributed by atoms with E-state index in [-0.39, 0.29) is 0 Å². The summed E-state index contributed by atoms with van der Waals surface area (Å²) in [6, 6.07) is 6.48. The van der Waals surface area contributed by atoms with Crippen LogP contribution in [0.3, 0.4) is 0 Å². The van der Waals surface area contributed by atoms with E-state index in [0.29, 0.717) is 0 Å². The van der Waals surface area contributed by atoms with Gasteiger partial charge in [-0.25, -0.2) is 4.68 Å². The van der Waals surface area contributed by atoms with Gasteiger partial charge in [0.2, 0.25) is 0 Å². The predicted octanol–water partition coefficient (Wildman–Crippen LogP) is 3.44. The lowest BCUT2D eigenvalue weighted by atomic mass is 10.1. The van der Waals surface area contributed by atoms with Crippen LogP contribution >= 0.6 is 0 Å². The summed E-state index contributed by atoms with van der Waals surface area (Å²) in [5, 5.41) is 8.56. The Balaban J connectivity index is 1.71. The molecule has 4 rings (SSSR count). The average Bonchev–Trinajstić information content (AvgIpc) is 3.15. The van der Waals surface area contributed by atoms with Gasteiger partial charge >= 0.3 is 0 Å². The van der Waals surface area contributed by atoms with Gasteiger partial charge in [0.15, 0.2) is 0 Å². The highest BCUT2D eigenvalue weighted by Gasteiger charge is 2.25. The molecule has 0 atom stereocenters. The van der Waals surface area contributed by atoms with Gasteiger partial charge in [-0.1, -0.05) is 18.6 Å². The Bertz CT molecular complexity index is 710. The van der Waals surface area contributed by atoms with E-state index >= 15 is 0 Å². The molecule has 0 radical (unpaired) electrons. The minimum Gasteiger partial charge on any atom is -0.369 e. The molecule has 0 unspecified atom stereocenters. The number of hydrogen-bond acceptors (Lipinski definition) is 3. The Morgan fingerprint density at radius 1 is 1.13 bits per heavy atom. The second-order valence-corrected chi connectivity index (χ2v) is 6.92. The molecule has 2 aromatic rings. The molecule has 0 aliphatic carbocycles. The number of benzene rings is 1. The molecule has 1 saturated heterocycles. The third-order valence-electron chi connectivity index (χ3n) is 5.36. The van der Waals surface area contributed by atoms with Crippen LogP contribution < -0.4 is 5.32 Å². The van der Waals surface area contributed by atoms with E-state index < -0.39 is 0 Å². The van der Waals surface area contributed by atoms with E-state index in [1.54, 1.807) is 0 Å². The average molecular weight is 310 g/mol. The van der Waals surface area contributed by atoms with Gasteiger partial charge in [0.25, 0.3) is 0 Å². The number of aromatic nitrogens is 2. The van der Waals surface area contributed by atoms with Crippen LogP contribution in [-0.4, -0.2) is 34.3 Å².